The van der Waals surface area contributed by atoms with Gasteiger partial charge in [0.05, 0.1) is 13.2 Å². The van der Waals surface area contributed by atoms with Gasteiger partial charge in [0.15, 0.2) is 11.5 Å². The highest BCUT2D eigenvalue weighted by Gasteiger charge is 2.16. The lowest BCUT2D eigenvalue weighted by atomic mass is 10.1. The van der Waals surface area contributed by atoms with E-state index < -0.39 is 0 Å². The van der Waals surface area contributed by atoms with Gasteiger partial charge in [-0.3, -0.25) is 4.90 Å². The topological polar surface area (TPSA) is 47.7 Å². The molecule has 1 heterocycles. The van der Waals surface area contributed by atoms with Crippen molar-refractivity contribution in [3.05, 3.63) is 23.8 Å². The van der Waals surface area contributed by atoms with Crippen molar-refractivity contribution < 1.29 is 9.47 Å². The van der Waals surface area contributed by atoms with Crippen LogP contribution in [0.3, 0.4) is 0 Å². The number of rotatable bonds is 9. The second-order valence-electron chi connectivity index (χ2n) is 6.38. The third-order valence-corrected chi connectivity index (χ3v) is 4.35. The Hall–Kier alpha value is -1.26. The maximum absolute atomic E-state index is 5.98. The van der Waals surface area contributed by atoms with Gasteiger partial charge in [-0.1, -0.05) is 25.8 Å². The van der Waals surface area contributed by atoms with E-state index in [1.54, 1.807) is 0 Å². The zero-order valence-corrected chi connectivity index (χ0v) is 14.7. The first-order chi connectivity index (χ1) is 11.2. The second-order valence-corrected chi connectivity index (χ2v) is 6.38. The summed E-state index contributed by atoms with van der Waals surface area (Å²) in [5, 5.41) is 0. The number of nitrogens with zero attached hydrogens (tertiary/aromatic N) is 1. The summed E-state index contributed by atoms with van der Waals surface area (Å²) >= 11 is 0. The Morgan fingerprint density at radius 1 is 1.09 bits per heavy atom. The molecule has 0 spiro atoms. The smallest absolute Gasteiger partial charge is 0.161 e. The highest BCUT2D eigenvalue weighted by atomic mass is 16.5. The molecule has 0 amide bonds. The minimum atomic E-state index is 0.379. The number of nitrogens with two attached hydrogens (primary N) is 1. The minimum absolute atomic E-state index is 0.379. The van der Waals surface area contributed by atoms with Gasteiger partial charge >= 0.3 is 0 Å². The van der Waals surface area contributed by atoms with E-state index in [0.717, 1.165) is 57.0 Å². The third-order valence-electron chi connectivity index (χ3n) is 4.35. The molecule has 0 atom stereocenters. The molecule has 4 nitrogen and oxygen atoms in total. The van der Waals surface area contributed by atoms with Crippen LogP contribution in [0.4, 0.5) is 0 Å². The lowest BCUT2D eigenvalue weighted by Crippen LogP contribution is -2.39. The molecular formula is C19H32N2O2. The average Bonchev–Trinajstić information content (AvgIpc) is 2.56. The third kappa shape index (κ3) is 6.04. The summed E-state index contributed by atoms with van der Waals surface area (Å²) in [5.74, 6) is 1.74. The Bertz CT molecular complexity index is 457. The fraction of sp³-hybridized carbons (Fsp3) is 0.684. The minimum Gasteiger partial charge on any atom is -0.490 e. The summed E-state index contributed by atoms with van der Waals surface area (Å²) in [6.07, 6.45) is 5.70. The van der Waals surface area contributed by atoms with Gasteiger partial charge in [-0.15, -0.1) is 0 Å². The van der Waals surface area contributed by atoms with E-state index in [9.17, 15) is 0 Å². The zero-order chi connectivity index (χ0) is 16.5. The van der Waals surface area contributed by atoms with Crippen LogP contribution >= 0.6 is 0 Å². The Morgan fingerprint density at radius 2 is 1.87 bits per heavy atom. The molecule has 0 bridgehead atoms. The molecule has 1 aromatic rings. The molecule has 1 fully saturated rings. The van der Waals surface area contributed by atoms with Crippen LogP contribution in [0.2, 0.25) is 0 Å². The first-order valence-electron chi connectivity index (χ1n) is 9.09. The van der Waals surface area contributed by atoms with Gasteiger partial charge in [0.1, 0.15) is 0 Å². The number of hydrogen-bond donors (Lipinski definition) is 1. The van der Waals surface area contributed by atoms with Crippen LogP contribution < -0.4 is 15.2 Å². The van der Waals surface area contributed by atoms with Crippen LogP contribution in [0.25, 0.3) is 0 Å². The van der Waals surface area contributed by atoms with Gasteiger partial charge < -0.3 is 15.2 Å². The van der Waals surface area contributed by atoms with Crippen molar-refractivity contribution in [1.29, 1.82) is 0 Å². The van der Waals surface area contributed by atoms with Crippen LogP contribution in [0.15, 0.2) is 18.2 Å². The molecule has 0 aromatic heterocycles. The van der Waals surface area contributed by atoms with Crippen LogP contribution in [-0.4, -0.2) is 37.2 Å². The highest BCUT2D eigenvalue weighted by Crippen LogP contribution is 2.29. The Balaban J connectivity index is 1.94. The van der Waals surface area contributed by atoms with Crippen molar-refractivity contribution in [3.63, 3.8) is 0 Å². The maximum atomic E-state index is 5.98. The van der Waals surface area contributed by atoms with Crippen LogP contribution in [0, 0.1) is 0 Å². The summed E-state index contributed by atoms with van der Waals surface area (Å²) in [4.78, 5) is 2.47. The van der Waals surface area contributed by atoms with Crippen LogP contribution in [0.1, 0.15) is 51.5 Å². The molecule has 0 radical (unpaired) electrons. The lowest BCUT2D eigenvalue weighted by molar-refractivity contribution is 0.205. The largest absolute Gasteiger partial charge is 0.490 e. The van der Waals surface area contributed by atoms with Crippen LogP contribution in [-0.2, 0) is 6.54 Å². The number of likely N-dealkylation sites (tertiary alicyclic amines) is 1. The molecule has 0 saturated carbocycles. The van der Waals surface area contributed by atoms with Crippen molar-refractivity contribution >= 4 is 0 Å². The van der Waals surface area contributed by atoms with Crippen molar-refractivity contribution in [2.45, 2.75) is 58.5 Å². The predicted octanol–water partition coefficient (Wildman–Crippen LogP) is 3.58. The van der Waals surface area contributed by atoms with E-state index in [4.69, 9.17) is 15.2 Å². The number of benzene rings is 1. The Kier molecular flexibility index (Phi) is 7.69. The lowest BCUT2D eigenvalue weighted by Gasteiger charge is -2.30. The van der Waals surface area contributed by atoms with Gasteiger partial charge in [-0.2, -0.15) is 0 Å². The van der Waals surface area contributed by atoms with E-state index in [0.29, 0.717) is 12.6 Å². The summed E-state index contributed by atoms with van der Waals surface area (Å²) in [7, 11) is 0. The Morgan fingerprint density at radius 3 is 2.57 bits per heavy atom. The van der Waals surface area contributed by atoms with Gasteiger partial charge in [-0.05, 0) is 57.0 Å². The van der Waals surface area contributed by atoms with Gasteiger partial charge in [0.25, 0.3) is 0 Å². The fourth-order valence-corrected chi connectivity index (χ4v) is 2.94. The average molecular weight is 320 g/mol. The first kappa shape index (κ1) is 18.1. The molecule has 2 N–H and O–H groups in total. The SMILES string of the molecule is CCCCCOc1ccc(CN2CCC(N)CC2)cc1OCC. The van der Waals surface area contributed by atoms with E-state index in [1.165, 1.54) is 18.4 Å². The number of hydrogen-bond acceptors (Lipinski definition) is 4. The quantitative estimate of drug-likeness (QED) is 0.707. The molecule has 0 aliphatic carbocycles. The maximum Gasteiger partial charge on any atom is 0.161 e. The van der Waals surface area contributed by atoms with Crippen LogP contribution in [0.5, 0.6) is 11.5 Å². The van der Waals surface area contributed by atoms with Gasteiger partial charge in [0, 0.05) is 12.6 Å². The number of ether oxygens (including phenoxy) is 2. The van der Waals surface area contributed by atoms with E-state index in [-0.39, 0.29) is 0 Å². The number of piperidine rings is 1. The Labute approximate surface area is 140 Å². The van der Waals surface area contributed by atoms with Gasteiger partial charge in [-0.25, -0.2) is 0 Å². The fourth-order valence-electron chi connectivity index (χ4n) is 2.94. The molecule has 1 aromatic carbocycles. The summed E-state index contributed by atoms with van der Waals surface area (Å²) in [6.45, 7) is 8.77. The molecule has 1 aliphatic heterocycles. The zero-order valence-electron chi connectivity index (χ0n) is 14.7. The van der Waals surface area contributed by atoms with Gasteiger partial charge in [0.2, 0.25) is 0 Å². The molecule has 0 unspecified atom stereocenters. The van der Waals surface area contributed by atoms with Crippen molar-refractivity contribution in [1.82, 2.24) is 4.90 Å². The monoisotopic (exact) mass is 320 g/mol. The number of unbranched alkanes of at least 4 members (excludes halogenated alkanes) is 2. The normalized spacial score (nSPS) is 16.5. The summed E-state index contributed by atoms with van der Waals surface area (Å²) in [5.41, 5.74) is 7.26. The molecule has 23 heavy (non-hydrogen) atoms. The standard InChI is InChI=1S/C19H32N2O2/c1-3-5-6-13-23-18-8-7-16(14-19(18)22-4-2)15-21-11-9-17(20)10-12-21/h7-8,14,17H,3-6,9-13,15,20H2,1-2H3. The van der Waals surface area contributed by atoms with E-state index >= 15 is 0 Å². The molecule has 1 saturated heterocycles. The highest BCUT2D eigenvalue weighted by molar-refractivity contribution is 5.43. The molecular weight excluding hydrogens is 288 g/mol. The summed E-state index contributed by atoms with van der Waals surface area (Å²) < 4.78 is 11.7. The van der Waals surface area contributed by atoms with Crippen molar-refractivity contribution in [2.75, 3.05) is 26.3 Å². The van der Waals surface area contributed by atoms with E-state index in [1.807, 2.05) is 6.92 Å². The van der Waals surface area contributed by atoms with Crippen molar-refractivity contribution in [3.8, 4) is 11.5 Å². The molecule has 4 heteroatoms. The molecule has 130 valence electrons. The predicted molar refractivity (Wildman–Crippen MR) is 95.1 cm³/mol. The molecule has 2 rings (SSSR count). The van der Waals surface area contributed by atoms with E-state index in [2.05, 4.69) is 30.0 Å². The van der Waals surface area contributed by atoms with Crippen molar-refractivity contribution in [2.24, 2.45) is 5.73 Å². The second kappa shape index (κ2) is 9.78. The summed E-state index contributed by atoms with van der Waals surface area (Å²) in [6, 6.07) is 6.73. The first-order valence-corrected chi connectivity index (χ1v) is 9.09. The molecule has 1 aliphatic rings.